The molecule has 0 bridgehead atoms. The van der Waals surface area contributed by atoms with Gasteiger partial charge in [-0.2, -0.15) is 0 Å². The number of rotatable bonds is 4. The van der Waals surface area contributed by atoms with Crippen molar-refractivity contribution in [1.82, 2.24) is 10.3 Å². The topological polar surface area (TPSA) is 54.0 Å². The molecule has 0 spiro atoms. The highest BCUT2D eigenvalue weighted by Gasteiger charge is 2.21. The molecule has 1 fully saturated rings. The number of nitrogens with one attached hydrogen (secondary N) is 2. The minimum atomic E-state index is -0.0403. The number of anilines is 1. The first-order valence-electron chi connectivity index (χ1n) is 7.33. The maximum absolute atomic E-state index is 12.0. The van der Waals surface area contributed by atoms with Gasteiger partial charge >= 0.3 is 0 Å². The van der Waals surface area contributed by atoms with Crippen LogP contribution in [0, 0.1) is 0 Å². The van der Waals surface area contributed by atoms with Gasteiger partial charge in [0.05, 0.1) is 6.04 Å². The fourth-order valence-electron chi connectivity index (χ4n) is 2.58. The largest absolute Gasteiger partial charge is 0.325 e. The summed E-state index contributed by atoms with van der Waals surface area (Å²) in [5.41, 5.74) is 3.31. The molecule has 1 unspecified atom stereocenters. The second-order valence-corrected chi connectivity index (χ2v) is 5.37. The number of benzene rings is 1. The van der Waals surface area contributed by atoms with Crippen molar-refractivity contribution in [3.8, 4) is 0 Å². The van der Waals surface area contributed by atoms with Gasteiger partial charge in [-0.25, -0.2) is 0 Å². The highest BCUT2D eigenvalue weighted by atomic mass is 16.2. The molecule has 4 nitrogen and oxygen atoms in total. The SMILES string of the molecule is O=C(Nc1ccc(Cc2ccncc2)cc1)C1CCCN1. The van der Waals surface area contributed by atoms with Crippen LogP contribution in [0.15, 0.2) is 48.8 Å². The Morgan fingerprint density at radius 2 is 1.86 bits per heavy atom. The fourth-order valence-corrected chi connectivity index (χ4v) is 2.58. The summed E-state index contributed by atoms with van der Waals surface area (Å²) in [5, 5.41) is 6.17. The van der Waals surface area contributed by atoms with E-state index in [9.17, 15) is 4.79 Å². The van der Waals surface area contributed by atoms with Crippen LogP contribution in [0.25, 0.3) is 0 Å². The summed E-state index contributed by atoms with van der Waals surface area (Å²) in [4.78, 5) is 16.0. The Morgan fingerprint density at radius 1 is 1.14 bits per heavy atom. The van der Waals surface area contributed by atoms with Crippen LogP contribution in [0.4, 0.5) is 5.69 Å². The van der Waals surface area contributed by atoms with Crippen LogP contribution in [0.5, 0.6) is 0 Å². The Balaban J connectivity index is 1.60. The lowest BCUT2D eigenvalue weighted by molar-refractivity contribution is -0.117. The molecule has 1 saturated heterocycles. The van der Waals surface area contributed by atoms with E-state index >= 15 is 0 Å². The zero-order chi connectivity index (χ0) is 14.5. The van der Waals surface area contributed by atoms with E-state index in [4.69, 9.17) is 0 Å². The molecule has 21 heavy (non-hydrogen) atoms. The van der Waals surface area contributed by atoms with Gasteiger partial charge in [-0.05, 0) is 61.2 Å². The van der Waals surface area contributed by atoms with Gasteiger partial charge in [0.15, 0.2) is 0 Å². The number of carbonyl (C=O) groups is 1. The monoisotopic (exact) mass is 281 g/mol. The number of hydrogen-bond acceptors (Lipinski definition) is 3. The summed E-state index contributed by atoms with van der Waals surface area (Å²) in [6.45, 7) is 0.933. The fraction of sp³-hybridized carbons (Fsp3) is 0.294. The van der Waals surface area contributed by atoms with Crippen LogP contribution in [0.3, 0.4) is 0 Å². The number of hydrogen-bond donors (Lipinski definition) is 2. The van der Waals surface area contributed by atoms with Crippen molar-refractivity contribution in [2.24, 2.45) is 0 Å². The zero-order valence-corrected chi connectivity index (χ0v) is 11.9. The van der Waals surface area contributed by atoms with Crippen molar-refractivity contribution in [1.29, 1.82) is 0 Å². The van der Waals surface area contributed by atoms with Crippen LogP contribution in [-0.4, -0.2) is 23.5 Å². The smallest absolute Gasteiger partial charge is 0.241 e. The van der Waals surface area contributed by atoms with Gasteiger partial charge in [0.2, 0.25) is 5.91 Å². The molecule has 108 valence electrons. The minimum absolute atomic E-state index is 0.0403. The van der Waals surface area contributed by atoms with Gasteiger partial charge in [-0.15, -0.1) is 0 Å². The molecular weight excluding hydrogens is 262 g/mol. The van der Waals surface area contributed by atoms with E-state index in [0.29, 0.717) is 0 Å². The second-order valence-electron chi connectivity index (χ2n) is 5.37. The maximum atomic E-state index is 12.0. The van der Waals surface area contributed by atoms with Gasteiger partial charge in [-0.1, -0.05) is 12.1 Å². The zero-order valence-electron chi connectivity index (χ0n) is 11.9. The van der Waals surface area contributed by atoms with Crippen LogP contribution in [0.2, 0.25) is 0 Å². The van der Waals surface area contributed by atoms with Gasteiger partial charge in [-0.3, -0.25) is 9.78 Å². The Hall–Kier alpha value is -2.20. The van der Waals surface area contributed by atoms with Gasteiger partial charge < -0.3 is 10.6 Å². The van der Waals surface area contributed by atoms with Crippen molar-refractivity contribution in [3.05, 3.63) is 59.9 Å². The summed E-state index contributed by atoms with van der Waals surface area (Å²) in [5.74, 6) is 0.0642. The lowest BCUT2D eigenvalue weighted by Crippen LogP contribution is -2.35. The molecule has 4 heteroatoms. The number of amides is 1. The minimum Gasteiger partial charge on any atom is -0.325 e. The third kappa shape index (κ3) is 3.67. The Bertz CT molecular complexity index is 589. The summed E-state index contributed by atoms with van der Waals surface area (Å²) < 4.78 is 0. The number of aromatic nitrogens is 1. The van der Waals surface area contributed by atoms with E-state index in [1.165, 1.54) is 11.1 Å². The first kappa shape index (κ1) is 13.8. The van der Waals surface area contributed by atoms with Crippen molar-refractivity contribution >= 4 is 11.6 Å². The van der Waals surface area contributed by atoms with E-state index in [0.717, 1.165) is 31.5 Å². The van der Waals surface area contributed by atoms with E-state index in [2.05, 4.69) is 27.8 Å². The molecule has 0 saturated carbocycles. The van der Waals surface area contributed by atoms with Crippen LogP contribution < -0.4 is 10.6 Å². The van der Waals surface area contributed by atoms with Crippen LogP contribution in [0.1, 0.15) is 24.0 Å². The average molecular weight is 281 g/mol. The Morgan fingerprint density at radius 3 is 2.52 bits per heavy atom. The summed E-state index contributed by atoms with van der Waals surface area (Å²) in [7, 11) is 0. The number of carbonyl (C=O) groups excluding carboxylic acids is 1. The molecule has 0 aliphatic carbocycles. The lowest BCUT2D eigenvalue weighted by atomic mass is 10.1. The molecule has 1 aliphatic heterocycles. The van der Waals surface area contributed by atoms with Crippen molar-refractivity contribution in [2.45, 2.75) is 25.3 Å². The standard InChI is InChI=1S/C17H19N3O/c21-17(16-2-1-9-19-16)20-15-5-3-13(4-6-15)12-14-7-10-18-11-8-14/h3-8,10-11,16,19H,1-2,9,12H2,(H,20,21). The Labute approximate surface area is 124 Å². The highest BCUT2D eigenvalue weighted by Crippen LogP contribution is 2.14. The molecule has 2 heterocycles. The highest BCUT2D eigenvalue weighted by molar-refractivity contribution is 5.95. The molecule has 1 aromatic heterocycles. The van der Waals surface area contributed by atoms with Crippen molar-refractivity contribution in [2.75, 3.05) is 11.9 Å². The summed E-state index contributed by atoms with van der Waals surface area (Å²) in [6, 6.07) is 12.0. The molecule has 2 aromatic rings. The van der Waals surface area contributed by atoms with Crippen molar-refractivity contribution in [3.63, 3.8) is 0 Å². The van der Waals surface area contributed by atoms with Crippen LogP contribution in [-0.2, 0) is 11.2 Å². The molecule has 3 rings (SSSR count). The van der Waals surface area contributed by atoms with Crippen molar-refractivity contribution < 1.29 is 4.79 Å². The molecule has 1 atom stereocenters. The second kappa shape index (κ2) is 6.50. The summed E-state index contributed by atoms with van der Waals surface area (Å²) in [6.07, 6.45) is 6.48. The van der Waals surface area contributed by atoms with Gasteiger partial charge in [0.25, 0.3) is 0 Å². The van der Waals surface area contributed by atoms with E-state index in [-0.39, 0.29) is 11.9 Å². The first-order chi connectivity index (χ1) is 10.3. The number of pyridine rings is 1. The third-order valence-electron chi connectivity index (χ3n) is 3.76. The number of nitrogens with zero attached hydrogens (tertiary/aromatic N) is 1. The quantitative estimate of drug-likeness (QED) is 0.904. The van der Waals surface area contributed by atoms with E-state index in [1.807, 2.05) is 24.3 Å². The normalized spacial score (nSPS) is 17.6. The Kier molecular flexibility index (Phi) is 4.26. The van der Waals surface area contributed by atoms with Gasteiger partial charge in [0.1, 0.15) is 0 Å². The maximum Gasteiger partial charge on any atom is 0.241 e. The third-order valence-corrected chi connectivity index (χ3v) is 3.76. The molecule has 1 aromatic carbocycles. The predicted octanol–water partition coefficient (Wildman–Crippen LogP) is 2.36. The van der Waals surface area contributed by atoms with E-state index in [1.54, 1.807) is 12.4 Å². The molecule has 0 radical (unpaired) electrons. The molecular formula is C17H19N3O. The molecule has 1 amide bonds. The summed E-state index contributed by atoms with van der Waals surface area (Å²) >= 11 is 0. The van der Waals surface area contributed by atoms with Gasteiger partial charge in [0, 0.05) is 18.1 Å². The lowest BCUT2D eigenvalue weighted by Gasteiger charge is -2.11. The van der Waals surface area contributed by atoms with Crippen LogP contribution >= 0.6 is 0 Å². The van der Waals surface area contributed by atoms with E-state index < -0.39 is 0 Å². The molecule has 1 aliphatic rings. The molecule has 2 N–H and O–H groups in total. The predicted molar refractivity (Wildman–Crippen MR) is 83.1 cm³/mol. The first-order valence-corrected chi connectivity index (χ1v) is 7.33. The average Bonchev–Trinajstić information content (AvgIpc) is 3.05.